The summed E-state index contributed by atoms with van der Waals surface area (Å²) in [5.41, 5.74) is 3.01. The first-order chi connectivity index (χ1) is 15.1. The minimum Gasteiger partial charge on any atom is -0.491 e. The van der Waals surface area contributed by atoms with Gasteiger partial charge in [-0.15, -0.1) is 11.8 Å². The molecule has 4 rings (SSSR count). The number of pyridine rings is 1. The van der Waals surface area contributed by atoms with Crippen LogP contribution < -0.4 is 14.4 Å². The van der Waals surface area contributed by atoms with Crippen LogP contribution in [-0.2, 0) is 17.0 Å². The summed E-state index contributed by atoms with van der Waals surface area (Å²) in [5.74, 6) is 1.62. The van der Waals surface area contributed by atoms with E-state index in [0.717, 1.165) is 29.1 Å². The van der Waals surface area contributed by atoms with E-state index >= 15 is 0 Å². The van der Waals surface area contributed by atoms with Crippen LogP contribution in [0.15, 0.2) is 65.7 Å². The number of methoxy groups -OCH3 is 1. The number of aromatic nitrogens is 1. The standard InChI is InChI=1S/C24H23ClN2O3S/c1-29-23-14-26-19(16-31-20-10-8-18(25)9-11-20)13-22(23)30-15-24(28)27-12-4-6-17-5-2-3-7-21(17)27/h2-3,5,7-11,13-14H,4,6,12,15-16H2,1H3. The molecule has 2 heterocycles. The Balaban J connectivity index is 1.42. The highest BCUT2D eigenvalue weighted by Gasteiger charge is 2.23. The molecule has 7 heteroatoms. The van der Waals surface area contributed by atoms with Crippen molar-refractivity contribution in [1.29, 1.82) is 0 Å². The Labute approximate surface area is 191 Å². The SMILES string of the molecule is COc1cnc(CSc2ccc(Cl)cc2)cc1OCC(=O)N1CCCc2ccccc21. The molecule has 5 nitrogen and oxygen atoms in total. The molecule has 0 saturated heterocycles. The molecule has 1 amide bonds. The molecule has 0 bridgehead atoms. The van der Waals surface area contributed by atoms with E-state index in [-0.39, 0.29) is 12.5 Å². The molecule has 0 atom stereocenters. The average Bonchev–Trinajstić information content (AvgIpc) is 2.82. The lowest BCUT2D eigenvalue weighted by Gasteiger charge is -2.29. The monoisotopic (exact) mass is 454 g/mol. The summed E-state index contributed by atoms with van der Waals surface area (Å²) in [4.78, 5) is 20.2. The number of nitrogens with zero attached hydrogens (tertiary/aromatic N) is 2. The number of carbonyl (C=O) groups is 1. The first-order valence-electron chi connectivity index (χ1n) is 10.1. The van der Waals surface area contributed by atoms with Crippen LogP contribution in [0, 0.1) is 0 Å². The van der Waals surface area contributed by atoms with Gasteiger partial charge in [0.1, 0.15) is 0 Å². The second kappa shape index (κ2) is 10.1. The first-order valence-corrected chi connectivity index (χ1v) is 11.4. The maximum Gasteiger partial charge on any atom is 0.264 e. The van der Waals surface area contributed by atoms with Crippen LogP contribution >= 0.6 is 23.4 Å². The molecular weight excluding hydrogens is 432 g/mol. The van der Waals surface area contributed by atoms with Gasteiger partial charge in [-0.25, -0.2) is 0 Å². The number of carbonyl (C=O) groups excluding carboxylic acids is 1. The molecule has 0 saturated carbocycles. The number of benzene rings is 2. The van der Waals surface area contributed by atoms with E-state index in [1.54, 1.807) is 25.1 Å². The molecule has 0 aliphatic carbocycles. The van der Waals surface area contributed by atoms with Crippen LogP contribution in [0.3, 0.4) is 0 Å². The Morgan fingerprint density at radius 2 is 1.97 bits per heavy atom. The zero-order valence-corrected chi connectivity index (χ0v) is 18.8. The predicted molar refractivity (Wildman–Crippen MR) is 124 cm³/mol. The Hall–Kier alpha value is -2.70. The lowest BCUT2D eigenvalue weighted by Crippen LogP contribution is -2.38. The van der Waals surface area contributed by atoms with E-state index in [0.29, 0.717) is 28.8 Å². The molecule has 31 heavy (non-hydrogen) atoms. The molecule has 160 valence electrons. The number of para-hydroxylation sites is 1. The molecule has 1 aromatic heterocycles. The van der Waals surface area contributed by atoms with Gasteiger partial charge in [0.05, 0.1) is 19.0 Å². The molecule has 0 N–H and O–H groups in total. The van der Waals surface area contributed by atoms with Crippen molar-refractivity contribution < 1.29 is 14.3 Å². The lowest BCUT2D eigenvalue weighted by molar-refractivity contribution is -0.120. The van der Waals surface area contributed by atoms with Crippen molar-refractivity contribution in [1.82, 2.24) is 4.98 Å². The van der Waals surface area contributed by atoms with Crippen molar-refractivity contribution in [2.45, 2.75) is 23.5 Å². The van der Waals surface area contributed by atoms with Gasteiger partial charge in [-0.2, -0.15) is 0 Å². The fraction of sp³-hybridized carbons (Fsp3) is 0.250. The summed E-state index contributed by atoms with van der Waals surface area (Å²) in [6.45, 7) is 0.647. The predicted octanol–water partition coefficient (Wildman–Crippen LogP) is 5.39. The van der Waals surface area contributed by atoms with Gasteiger partial charge >= 0.3 is 0 Å². The van der Waals surface area contributed by atoms with Crippen LogP contribution in [0.25, 0.3) is 0 Å². The van der Waals surface area contributed by atoms with Crippen molar-refractivity contribution in [3.63, 3.8) is 0 Å². The van der Waals surface area contributed by atoms with Crippen molar-refractivity contribution in [3.05, 3.63) is 77.1 Å². The highest BCUT2D eigenvalue weighted by atomic mass is 35.5. The van der Waals surface area contributed by atoms with Gasteiger partial charge in [0, 0.05) is 34.0 Å². The summed E-state index contributed by atoms with van der Waals surface area (Å²) >= 11 is 7.60. The molecule has 2 aromatic carbocycles. The Morgan fingerprint density at radius 1 is 1.16 bits per heavy atom. The highest BCUT2D eigenvalue weighted by molar-refractivity contribution is 7.98. The first kappa shape index (κ1) is 21.5. The Bertz CT molecular complexity index is 1060. The van der Waals surface area contributed by atoms with Gasteiger partial charge in [0.15, 0.2) is 18.1 Å². The number of halogens is 1. The Kier molecular flexibility index (Phi) is 6.99. The zero-order valence-electron chi connectivity index (χ0n) is 17.2. The number of hydrogen-bond donors (Lipinski definition) is 0. The van der Waals surface area contributed by atoms with Crippen LogP contribution in [0.1, 0.15) is 17.7 Å². The molecule has 0 fully saturated rings. The highest BCUT2D eigenvalue weighted by Crippen LogP contribution is 2.31. The van der Waals surface area contributed by atoms with E-state index in [1.165, 1.54) is 5.56 Å². The molecule has 3 aromatic rings. The zero-order chi connectivity index (χ0) is 21.6. The van der Waals surface area contributed by atoms with E-state index in [1.807, 2.05) is 53.4 Å². The topological polar surface area (TPSA) is 51.7 Å². The van der Waals surface area contributed by atoms with Crippen molar-refractivity contribution in [2.75, 3.05) is 25.2 Å². The number of fused-ring (bicyclic) bond motifs is 1. The molecular formula is C24H23ClN2O3S. The number of hydrogen-bond acceptors (Lipinski definition) is 5. The smallest absolute Gasteiger partial charge is 0.264 e. The van der Waals surface area contributed by atoms with Gasteiger partial charge in [0.2, 0.25) is 0 Å². The third-order valence-corrected chi connectivity index (χ3v) is 6.37. The largest absolute Gasteiger partial charge is 0.491 e. The summed E-state index contributed by atoms with van der Waals surface area (Å²) in [6.07, 6.45) is 3.58. The van der Waals surface area contributed by atoms with Crippen molar-refractivity contribution in [3.8, 4) is 11.5 Å². The van der Waals surface area contributed by atoms with E-state index < -0.39 is 0 Å². The summed E-state index contributed by atoms with van der Waals surface area (Å²) < 4.78 is 11.3. The minimum atomic E-state index is -0.0666. The second-order valence-corrected chi connectivity index (χ2v) is 8.62. The normalized spacial score (nSPS) is 12.9. The third-order valence-electron chi connectivity index (χ3n) is 5.07. The van der Waals surface area contributed by atoms with E-state index in [2.05, 4.69) is 11.1 Å². The number of ether oxygens (including phenoxy) is 2. The summed E-state index contributed by atoms with van der Waals surface area (Å²) in [7, 11) is 1.56. The Morgan fingerprint density at radius 3 is 2.77 bits per heavy atom. The van der Waals surface area contributed by atoms with Crippen molar-refractivity contribution in [2.24, 2.45) is 0 Å². The maximum absolute atomic E-state index is 12.9. The number of rotatable bonds is 7. The third kappa shape index (κ3) is 5.32. The number of thioether (sulfide) groups is 1. The van der Waals surface area contributed by atoms with E-state index in [9.17, 15) is 4.79 Å². The number of anilines is 1. The van der Waals surface area contributed by atoms with Gasteiger partial charge in [-0.3, -0.25) is 9.78 Å². The second-order valence-electron chi connectivity index (χ2n) is 7.14. The fourth-order valence-electron chi connectivity index (χ4n) is 3.51. The molecule has 1 aliphatic rings. The number of amides is 1. The number of aryl methyl sites for hydroxylation is 1. The maximum atomic E-state index is 12.9. The average molecular weight is 455 g/mol. The minimum absolute atomic E-state index is 0.0571. The van der Waals surface area contributed by atoms with E-state index in [4.69, 9.17) is 21.1 Å². The van der Waals surface area contributed by atoms with Crippen LogP contribution in [0.2, 0.25) is 5.02 Å². The molecule has 0 radical (unpaired) electrons. The molecule has 0 spiro atoms. The lowest BCUT2D eigenvalue weighted by atomic mass is 10.0. The van der Waals surface area contributed by atoms with Gasteiger partial charge in [-0.05, 0) is 48.7 Å². The fourth-order valence-corrected chi connectivity index (χ4v) is 4.44. The van der Waals surface area contributed by atoms with Crippen LogP contribution in [0.4, 0.5) is 5.69 Å². The van der Waals surface area contributed by atoms with Crippen LogP contribution in [0.5, 0.6) is 11.5 Å². The quantitative estimate of drug-likeness (QED) is 0.448. The summed E-state index contributed by atoms with van der Waals surface area (Å²) in [5, 5.41) is 0.712. The van der Waals surface area contributed by atoms with Crippen molar-refractivity contribution >= 4 is 35.0 Å². The van der Waals surface area contributed by atoms with Gasteiger partial charge < -0.3 is 14.4 Å². The van der Waals surface area contributed by atoms with Crippen LogP contribution in [-0.4, -0.2) is 31.2 Å². The van der Waals surface area contributed by atoms with Gasteiger partial charge in [0.25, 0.3) is 5.91 Å². The summed E-state index contributed by atoms with van der Waals surface area (Å²) in [6, 6.07) is 17.5. The molecule has 1 aliphatic heterocycles. The van der Waals surface area contributed by atoms with Gasteiger partial charge in [-0.1, -0.05) is 29.8 Å². The molecule has 0 unspecified atom stereocenters.